The molecule has 0 saturated heterocycles. The summed E-state index contributed by atoms with van der Waals surface area (Å²) in [5.74, 6) is -0.584. The molecule has 3 atom stereocenters. The largest absolute Gasteiger partial charge is 0.341 e. The van der Waals surface area contributed by atoms with Gasteiger partial charge in [-0.05, 0) is 61.1 Å². The van der Waals surface area contributed by atoms with Crippen LogP contribution in [0, 0.1) is 23.5 Å². The van der Waals surface area contributed by atoms with Crippen LogP contribution >= 0.6 is 11.6 Å². The van der Waals surface area contributed by atoms with E-state index in [0.29, 0.717) is 47.3 Å². The summed E-state index contributed by atoms with van der Waals surface area (Å²) in [5, 5.41) is 5.44. The van der Waals surface area contributed by atoms with Crippen molar-refractivity contribution in [2.45, 2.75) is 25.2 Å². The molecule has 10 heteroatoms. The van der Waals surface area contributed by atoms with E-state index >= 15 is 0 Å². The van der Waals surface area contributed by atoms with Crippen molar-refractivity contribution in [3.63, 3.8) is 0 Å². The molecule has 1 fully saturated rings. The van der Waals surface area contributed by atoms with Crippen molar-refractivity contribution >= 4 is 35.3 Å². The molecule has 192 valence electrons. The third-order valence-corrected chi connectivity index (χ3v) is 7.56. The van der Waals surface area contributed by atoms with Gasteiger partial charge in [-0.25, -0.2) is 13.8 Å². The molecular formula is C28H22ClF2N5O2. The van der Waals surface area contributed by atoms with E-state index < -0.39 is 11.6 Å². The van der Waals surface area contributed by atoms with E-state index in [1.165, 1.54) is 12.3 Å². The zero-order chi connectivity index (χ0) is 26.4. The van der Waals surface area contributed by atoms with Crippen molar-refractivity contribution in [3.05, 3.63) is 83.0 Å². The van der Waals surface area contributed by atoms with Gasteiger partial charge in [0.15, 0.2) is 5.82 Å². The minimum Gasteiger partial charge on any atom is -0.341 e. The molecular weight excluding hydrogens is 512 g/mol. The van der Waals surface area contributed by atoms with Crippen LogP contribution in [0.15, 0.2) is 54.9 Å². The lowest BCUT2D eigenvalue weighted by molar-refractivity contribution is -0.116. The van der Waals surface area contributed by atoms with Gasteiger partial charge in [-0.15, -0.1) is 0 Å². The molecule has 7 nitrogen and oxygen atoms in total. The highest BCUT2D eigenvalue weighted by Crippen LogP contribution is 2.49. The first-order valence-corrected chi connectivity index (χ1v) is 12.6. The molecule has 1 aliphatic carbocycles. The molecule has 4 aromatic rings. The van der Waals surface area contributed by atoms with Gasteiger partial charge >= 0.3 is 0 Å². The van der Waals surface area contributed by atoms with Crippen molar-refractivity contribution in [2.24, 2.45) is 11.8 Å². The van der Waals surface area contributed by atoms with E-state index in [1.807, 2.05) is 0 Å². The SMILES string of the molecule is O=CNc1ccc2c(c1)NC(=O)CC1CC1CC(c1ccc(-c3c(F)ccc(Cl)c3F)cn1)c1ncc-2[nH]1. The Morgan fingerprint density at radius 3 is 2.68 bits per heavy atom. The maximum absolute atomic E-state index is 14.6. The maximum Gasteiger partial charge on any atom is 0.224 e. The maximum atomic E-state index is 14.6. The number of carbonyl (C=O) groups excluding carboxylic acids is 2. The van der Waals surface area contributed by atoms with Gasteiger partial charge in [0, 0.05) is 29.4 Å². The summed E-state index contributed by atoms with van der Waals surface area (Å²) in [6, 6.07) is 11.0. The van der Waals surface area contributed by atoms with Gasteiger partial charge in [0.25, 0.3) is 0 Å². The van der Waals surface area contributed by atoms with Crippen LogP contribution in [0.4, 0.5) is 20.2 Å². The number of hydrogen-bond acceptors (Lipinski definition) is 4. The molecule has 0 spiro atoms. The Morgan fingerprint density at radius 2 is 1.89 bits per heavy atom. The van der Waals surface area contributed by atoms with Gasteiger partial charge < -0.3 is 15.6 Å². The standard InChI is InChI=1S/C28H22ClF2N5O2/c29-20-4-5-21(30)26(27(20)31)14-1-6-22(32-11-14)19-8-15-7-16(15)9-25(38)35-23-10-17(34-13-37)2-3-18(23)24-12-33-28(19)36-24/h1-6,10-13,15-16,19H,7-9H2,(H,33,36)(H,34,37)(H,35,38). The monoisotopic (exact) mass is 533 g/mol. The topological polar surface area (TPSA) is 99.8 Å². The molecule has 6 rings (SSSR count). The molecule has 2 aliphatic rings. The number of carbonyl (C=O) groups is 2. The van der Waals surface area contributed by atoms with Crippen molar-refractivity contribution in [1.82, 2.24) is 15.0 Å². The summed E-state index contributed by atoms with van der Waals surface area (Å²) < 4.78 is 29.0. The second-order valence-corrected chi connectivity index (χ2v) is 10.1. The first kappa shape index (κ1) is 24.2. The van der Waals surface area contributed by atoms with Crippen LogP contribution in [-0.2, 0) is 9.59 Å². The van der Waals surface area contributed by atoms with Gasteiger partial charge in [-0.1, -0.05) is 17.7 Å². The Labute approximate surface area is 221 Å². The van der Waals surface area contributed by atoms with Crippen LogP contribution in [0.1, 0.15) is 36.7 Å². The van der Waals surface area contributed by atoms with E-state index in [0.717, 1.165) is 24.5 Å². The lowest BCUT2D eigenvalue weighted by Crippen LogP contribution is -2.15. The number of aromatic amines is 1. The van der Waals surface area contributed by atoms with Crippen LogP contribution in [0.3, 0.4) is 0 Å². The van der Waals surface area contributed by atoms with Gasteiger partial charge in [0.1, 0.15) is 11.6 Å². The van der Waals surface area contributed by atoms with Crippen LogP contribution in [-0.4, -0.2) is 27.3 Å². The molecule has 3 heterocycles. The van der Waals surface area contributed by atoms with E-state index in [4.69, 9.17) is 11.6 Å². The number of H-pyrrole nitrogens is 1. The highest BCUT2D eigenvalue weighted by Gasteiger charge is 2.41. The Hall–Kier alpha value is -4.11. The number of nitrogens with one attached hydrogen (secondary N) is 3. The zero-order valence-corrected chi connectivity index (χ0v) is 20.7. The number of benzene rings is 2. The lowest BCUT2D eigenvalue weighted by Gasteiger charge is -2.17. The van der Waals surface area contributed by atoms with Crippen LogP contribution in [0.2, 0.25) is 5.02 Å². The number of halogens is 3. The second kappa shape index (κ2) is 9.64. The molecule has 2 aromatic heterocycles. The van der Waals surface area contributed by atoms with E-state index in [1.54, 1.807) is 36.5 Å². The van der Waals surface area contributed by atoms with Gasteiger partial charge in [0.05, 0.1) is 39.8 Å². The van der Waals surface area contributed by atoms with Crippen molar-refractivity contribution < 1.29 is 18.4 Å². The van der Waals surface area contributed by atoms with Crippen LogP contribution in [0.5, 0.6) is 0 Å². The minimum absolute atomic E-state index is 0.0908. The molecule has 38 heavy (non-hydrogen) atoms. The number of aromatic nitrogens is 3. The number of rotatable bonds is 4. The van der Waals surface area contributed by atoms with Crippen molar-refractivity contribution in [1.29, 1.82) is 0 Å². The smallest absolute Gasteiger partial charge is 0.224 e. The Bertz CT molecular complexity index is 1560. The molecule has 2 amide bonds. The predicted octanol–water partition coefficient (Wildman–Crippen LogP) is 6.14. The number of fused-ring (bicyclic) bond motifs is 5. The summed E-state index contributed by atoms with van der Waals surface area (Å²) in [6.45, 7) is 0. The first-order valence-electron chi connectivity index (χ1n) is 12.2. The first-order chi connectivity index (χ1) is 18.4. The molecule has 1 saturated carbocycles. The highest BCUT2D eigenvalue weighted by molar-refractivity contribution is 6.31. The molecule has 2 bridgehead atoms. The number of hydrogen-bond donors (Lipinski definition) is 3. The minimum atomic E-state index is -0.827. The summed E-state index contributed by atoms with van der Waals surface area (Å²) in [5.41, 5.74) is 3.33. The van der Waals surface area contributed by atoms with Crippen molar-refractivity contribution in [3.8, 4) is 22.4 Å². The Morgan fingerprint density at radius 1 is 1.03 bits per heavy atom. The fraction of sp³-hybridized carbons (Fsp3) is 0.214. The fourth-order valence-corrected chi connectivity index (χ4v) is 5.36. The average Bonchev–Trinajstić information content (AvgIpc) is 3.43. The number of pyridine rings is 1. The van der Waals surface area contributed by atoms with E-state index in [2.05, 4.69) is 25.6 Å². The zero-order valence-electron chi connectivity index (χ0n) is 20.0. The number of nitrogens with zero attached hydrogens (tertiary/aromatic N) is 2. The van der Waals surface area contributed by atoms with Gasteiger partial charge in [0.2, 0.25) is 12.3 Å². The second-order valence-electron chi connectivity index (χ2n) is 9.69. The summed E-state index contributed by atoms with van der Waals surface area (Å²) in [7, 11) is 0. The van der Waals surface area contributed by atoms with Gasteiger partial charge in [-0.3, -0.25) is 14.6 Å². The summed E-state index contributed by atoms with van der Waals surface area (Å²) in [6.07, 6.45) is 5.76. The van der Waals surface area contributed by atoms with E-state index in [-0.39, 0.29) is 33.9 Å². The van der Waals surface area contributed by atoms with Gasteiger partial charge in [-0.2, -0.15) is 0 Å². The van der Waals surface area contributed by atoms with Crippen molar-refractivity contribution in [2.75, 3.05) is 10.6 Å². The Balaban J connectivity index is 1.39. The molecule has 1 aliphatic heterocycles. The Kier molecular flexibility index (Phi) is 6.15. The van der Waals surface area contributed by atoms with Crippen LogP contribution in [0.25, 0.3) is 22.4 Å². The van der Waals surface area contributed by atoms with Crippen LogP contribution < -0.4 is 10.6 Å². The normalized spacial score (nSPS) is 20.3. The number of imidazole rings is 1. The van der Waals surface area contributed by atoms with E-state index in [9.17, 15) is 18.4 Å². The summed E-state index contributed by atoms with van der Waals surface area (Å²) in [4.78, 5) is 36.4. The lowest BCUT2D eigenvalue weighted by atomic mass is 9.94. The quantitative estimate of drug-likeness (QED) is 0.217. The number of amides is 2. The third kappa shape index (κ3) is 4.54. The molecule has 3 unspecified atom stereocenters. The summed E-state index contributed by atoms with van der Waals surface area (Å²) >= 11 is 5.87. The predicted molar refractivity (Wildman–Crippen MR) is 140 cm³/mol. The number of anilines is 2. The fourth-order valence-electron chi connectivity index (χ4n) is 5.21. The molecule has 3 N–H and O–H groups in total. The molecule has 2 aromatic carbocycles. The third-order valence-electron chi connectivity index (χ3n) is 7.27. The molecule has 0 radical (unpaired) electrons. The highest BCUT2D eigenvalue weighted by atomic mass is 35.5. The average molecular weight is 534 g/mol.